The van der Waals surface area contributed by atoms with Gasteiger partial charge in [-0.1, -0.05) is 17.7 Å². The van der Waals surface area contributed by atoms with Gasteiger partial charge in [0.2, 0.25) is 5.82 Å². The predicted molar refractivity (Wildman–Crippen MR) is 121 cm³/mol. The highest BCUT2D eigenvalue weighted by Gasteiger charge is 2.28. The second-order valence-corrected chi connectivity index (χ2v) is 8.60. The molecule has 7 heteroatoms. The van der Waals surface area contributed by atoms with Crippen LogP contribution in [0.15, 0.2) is 41.0 Å². The number of fused-ring (bicyclic) bond motifs is 2. The molecule has 1 saturated heterocycles. The number of aromatic nitrogens is 4. The van der Waals surface area contributed by atoms with Gasteiger partial charge in [-0.2, -0.15) is 9.50 Å². The maximum atomic E-state index is 5.53. The Morgan fingerprint density at radius 3 is 2.55 bits per heavy atom. The molecule has 0 unspecified atom stereocenters. The van der Waals surface area contributed by atoms with Crippen LogP contribution in [0.25, 0.3) is 17.4 Å². The van der Waals surface area contributed by atoms with Crippen LogP contribution in [0.3, 0.4) is 0 Å². The molecule has 0 bridgehead atoms. The van der Waals surface area contributed by atoms with Crippen molar-refractivity contribution in [1.29, 1.82) is 0 Å². The smallest absolute Gasteiger partial charge is 0.255 e. The molecule has 2 aliphatic rings. The SMILES string of the molecule is Cc1ccc(N2CCN(c3c4c(nc5nc(-c6ccco6)nn35)CCC4)CC2)c(C)c1. The van der Waals surface area contributed by atoms with Gasteiger partial charge in [0.05, 0.1) is 12.0 Å². The second kappa shape index (κ2) is 7.11. The third-order valence-corrected chi connectivity index (χ3v) is 6.50. The Morgan fingerprint density at radius 2 is 1.77 bits per heavy atom. The van der Waals surface area contributed by atoms with Crippen LogP contribution in [0.5, 0.6) is 0 Å². The first-order valence-corrected chi connectivity index (χ1v) is 11.1. The van der Waals surface area contributed by atoms with Gasteiger partial charge in [-0.3, -0.25) is 0 Å². The third kappa shape index (κ3) is 3.07. The van der Waals surface area contributed by atoms with Crippen LogP contribution < -0.4 is 9.80 Å². The standard InChI is InChI=1S/C24H26N6O/c1-16-8-9-20(17(2)15-16)28-10-12-29(13-11-28)23-18-5-3-6-19(18)25-24-26-22(27-30(23)24)21-7-4-14-31-21/h4,7-9,14-15H,3,5-6,10-13H2,1-2H3. The normalized spacial score (nSPS) is 16.3. The minimum absolute atomic E-state index is 0.594. The zero-order valence-corrected chi connectivity index (χ0v) is 18.0. The minimum atomic E-state index is 0.594. The van der Waals surface area contributed by atoms with Crippen LogP contribution in [0, 0.1) is 13.8 Å². The molecule has 0 spiro atoms. The fraction of sp³-hybridized carbons (Fsp3) is 0.375. The van der Waals surface area contributed by atoms with E-state index in [0.717, 1.165) is 45.4 Å². The topological polar surface area (TPSA) is 62.7 Å². The Kier molecular flexibility index (Phi) is 4.23. The Bertz CT molecular complexity index is 1250. The van der Waals surface area contributed by atoms with Crippen molar-refractivity contribution in [3.05, 3.63) is 59.0 Å². The van der Waals surface area contributed by atoms with E-state index in [2.05, 4.69) is 46.8 Å². The zero-order chi connectivity index (χ0) is 20.9. The van der Waals surface area contributed by atoms with Gasteiger partial charge >= 0.3 is 0 Å². The lowest BCUT2D eigenvalue weighted by atomic mass is 10.1. The van der Waals surface area contributed by atoms with Crippen molar-refractivity contribution in [2.24, 2.45) is 0 Å². The first-order valence-electron chi connectivity index (χ1n) is 11.1. The van der Waals surface area contributed by atoms with E-state index in [1.807, 2.05) is 16.6 Å². The largest absolute Gasteiger partial charge is 0.461 e. The van der Waals surface area contributed by atoms with Crippen molar-refractivity contribution in [1.82, 2.24) is 19.6 Å². The van der Waals surface area contributed by atoms with Crippen LogP contribution >= 0.6 is 0 Å². The van der Waals surface area contributed by atoms with Crippen molar-refractivity contribution >= 4 is 17.3 Å². The summed E-state index contributed by atoms with van der Waals surface area (Å²) in [4.78, 5) is 14.5. The summed E-state index contributed by atoms with van der Waals surface area (Å²) in [6.45, 7) is 8.24. The quantitative estimate of drug-likeness (QED) is 0.508. The summed E-state index contributed by atoms with van der Waals surface area (Å²) in [7, 11) is 0. The molecule has 6 rings (SSSR count). The maximum absolute atomic E-state index is 5.53. The Morgan fingerprint density at radius 1 is 0.935 bits per heavy atom. The predicted octanol–water partition coefficient (Wildman–Crippen LogP) is 3.82. The third-order valence-electron chi connectivity index (χ3n) is 6.50. The fourth-order valence-electron chi connectivity index (χ4n) is 5.01. The molecule has 7 nitrogen and oxygen atoms in total. The second-order valence-electron chi connectivity index (χ2n) is 8.60. The number of hydrogen-bond acceptors (Lipinski definition) is 6. The highest BCUT2D eigenvalue weighted by atomic mass is 16.3. The molecule has 1 aromatic carbocycles. The van der Waals surface area contributed by atoms with Crippen molar-refractivity contribution < 1.29 is 4.42 Å². The summed E-state index contributed by atoms with van der Waals surface area (Å²) in [5.41, 5.74) is 6.52. The average Bonchev–Trinajstić information content (AvgIpc) is 3.52. The van der Waals surface area contributed by atoms with E-state index in [1.54, 1.807) is 6.26 Å². The molecule has 4 aromatic rings. The molecule has 31 heavy (non-hydrogen) atoms. The lowest BCUT2D eigenvalue weighted by Gasteiger charge is -2.38. The van der Waals surface area contributed by atoms with Gasteiger partial charge < -0.3 is 14.2 Å². The van der Waals surface area contributed by atoms with Crippen LogP contribution in [-0.4, -0.2) is 45.8 Å². The molecular weight excluding hydrogens is 388 g/mol. The molecule has 4 heterocycles. The molecule has 1 aliphatic heterocycles. The van der Waals surface area contributed by atoms with Crippen LogP contribution in [0.2, 0.25) is 0 Å². The van der Waals surface area contributed by atoms with E-state index in [4.69, 9.17) is 14.5 Å². The van der Waals surface area contributed by atoms with Gasteiger partial charge in [0.1, 0.15) is 5.82 Å². The van der Waals surface area contributed by atoms with Crippen molar-refractivity contribution in [2.45, 2.75) is 33.1 Å². The van der Waals surface area contributed by atoms with E-state index >= 15 is 0 Å². The molecule has 0 N–H and O–H groups in total. The van der Waals surface area contributed by atoms with Crippen LogP contribution in [-0.2, 0) is 12.8 Å². The maximum Gasteiger partial charge on any atom is 0.255 e. The van der Waals surface area contributed by atoms with Crippen molar-refractivity contribution in [3.8, 4) is 11.6 Å². The van der Waals surface area contributed by atoms with Gasteiger partial charge in [0, 0.05) is 37.4 Å². The molecule has 0 amide bonds. The number of furan rings is 1. The van der Waals surface area contributed by atoms with Crippen LogP contribution in [0.4, 0.5) is 11.5 Å². The number of rotatable bonds is 3. The van der Waals surface area contributed by atoms with E-state index in [1.165, 1.54) is 33.9 Å². The number of anilines is 2. The van der Waals surface area contributed by atoms with Crippen molar-refractivity contribution in [3.63, 3.8) is 0 Å². The summed E-state index contributed by atoms with van der Waals surface area (Å²) in [5.74, 6) is 3.11. The summed E-state index contributed by atoms with van der Waals surface area (Å²) in [5, 5.41) is 4.80. The average molecular weight is 415 g/mol. The highest BCUT2D eigenvalue weighted by molar-refractivity contribution is 5.61. The first kappa shape index (κ1) is 18.4. The van der Waals surface area contributed by atoms with E-state index in [-0.39, 0.29) is 0 Å². The number of nitrogens with zero attached hydrogens (tertiary/aromatic N) is 6. The summed E-state index contributed by atoms with van der Waals surface area (Å²) in [6, 6.07) is 10.5. The molecule has 0 atom stereocenters. The van der Waals surface area contributed by atoms with E-state index < -0.39 is 0 Å². The van der Waals surface area contributed by atoms with Crippen molar-refractivity contribution in [2.75, 3.05) is 36.0 Å². The first-order chi connectivity index (χ1) is 15.2. The lowest BCUT2D eigenvalue weighted by Crippen LogP contribution is -2.47. The Hall–Kier alpha value is -3.35. The van der Waals surface area contributed by atoms with Gasteiger partial charge in [-0.05, 0) is 56.9 Å². The van der Waals surface area contributed by atoms with Gasteiger partial charge in [0.15, 0.2) is 5.76 Å². The van der Waals surface area contributed by atoms with Gasteiger partial charge in [0.25, 0.3) is 5.78 Å². The lowest BCUT2D eigenvalue weighted by molar-refractivity contribution is 0.577. The highest BCUT2D eigenvalue weighted by Crippen LogP contribution is 2.33. The molecule has 0 saturated carbocycles. The fourth-order valence-corrected chi connectivity index (χ4v) is 5.01. The summed E-state index contributed by atoms with van der Waals surface area (Å²) >= 11 is 0. The Labute approximate surface area is 181 Å². The monoisotopic (exact) mass is 414 g/mol. The molecule has 1 fully saturated rings. The van der Waals surface area contributed by atoms with E-state index in [9.17, 15) is 0 Å². The summed E-state index contributed by atoms with van der Waals surface area (Å²) < 4.78 is 7.47. The zero-order valence-electron chi connectivity index (χ0n) is 18.0. The van der Waals surface area contributed by atoms with Gasteiger partial charge in [-0.15, -0.1) is 5.10 Å². The van der Waals surface area contributed by atoms with Gasteiger partial charge in [-0.25, -0.2) is 4.98 Å². The summed E-state index contributed by atoms with van der Waals surface area (Å²) in [6.07, 6.45) is 4.88. The molecule has 3 aromatic heterocycles. The van der Waals surface area contributed by atoms with Crippen LogP contribution in [0.1, 0.15) is 28.8 Å². The number of hydrogen-bond donors (Lipinski definition) is 0. The number of aryl methyl sites for hydroxylation is 3. The number of benzene rings is 1. The molecular formula is C24H26N6O. The Balaban J connectivity index is 1.35. The molecule has 1 aliphatic carbocycles. The molecule has 0 radical (unpaired) electrons. The minimum Gasteiger partial charge on any atom is -0.461 e. The van der Waals surface area contributed by atoms with E-state index in [0.29, 0.717) is 17.4 Å². The molecule has 158 valence electrons. The number of piperazine rings is 1.